The van der Waals surface area contributed by atoms with Crippen LogP contribution in [0.15, 0.2) is 18.2 Å². The number of benzene rings is 1. The van der Waals surface area contributed by atoms with Gasteiger partial charge in [-0.2, -0.15) is 0 Å². The van der Waals surface area contributed by atoms with Crippen molar-refractivity contribution in [2.45, 2.75) is 32.2 Å². The van der Waals surface area contributed by atoms with Gasteiger partial charge < -0.3 is 11.1 Å². The molecule has 1 aliphatic heterocycles. The van der Waals surface area contributed by atoms with Crippen LogP contribution in [-0.2, 0) is 0 Å². The van der Waals surface area contributed by atoms with Crippen LogP contribution >= 0.6 is 0 Å². The Bertz CT molecular complexity index is 349. The lowest BCUT2D eigenvalue weighted by molar-refractivity contribution is 0.462. The molecule has 0 aliphatic carbocycles. The van der Waals surface area contributed by atoms with Crippen LogP contribution in [0, 0.1) is 13.8 Å². The van der Waals surface area contributed by atoms with Gasteiger partial charge in [0.1, 0.15) is 0 Å². The number of hydrogen-bond donors (Lipinski definition) is 2. The first kappa shape index (κ1) is 10.7. The van der Waals surface area contributed by atoms with E-state index < -0.39 is 0 Å². The first-order valence-electron chi connectivity index (χ1n) is 5.57. The van der Waals surface area contributed by atoms with Gasteiger partial charge in [-0.3, -0.25) is 0 Å². The maximum Gasteiger partial charge on any atom is 0.0333 e. The molecular weight excluding hydrogens is 184 g/mol. The molecule has 2 heteroatoms. The highest BCUT2D eigenvalue weighted by Gasteiger charge is 2.36. The van der Waals surface area contributed by atoms with Gasteiger partial charge in [0.25, 0.3) is 0 Å². The van der Waals surface area contributed by atoms with Crippen LogP contribution < -0.4 is 11.1 Å². The van der Waals surface area contributed by atoms with Gasteiger partial charge in [-0.15, -0.1) is 0 Å². The quantitative estimate of drug-likeness (QED) is 0.731. The van der Waals surface area contributed by atoms with E-state index >= 15 is 0 Å². The molecular formula is C13H20N2. The van der Waals surface area contributed by atoms with Crippen LogP contribution in [0.3, 0.4) is 0 Å². The summed E-state index contributed by atoms with van der Waals surface area (Å²) >= 11 is 0. The van der Waals surface area contributed by atoms with E-state index in [1.165, 1.54) is 16.7 Å². The van der Waals surface area contributed by atoms with Crippen LogP contribution in [-0.4, -0.2) is 18.6 Å². The molecule has 0 unspecified atom stereocenters. The SMILES string of the molecule is Cc1cc(C)cc([C@@H]2CNC[C@@]2(C)N)c1. The average Bonchev–Trinajstić information content (AvgIpc) is 2.43. The Morgan fingerprint density at radius 1 is 1.27 bits per heavy atom. The van der Waals surface area contributed by atoms with Crippen molar-refractivity contribution in [1.82, 2.24) is 5.32 Å². The molecule has 2 rings (SSSR count). The summed E-state index contributed by atoms with van der Waals surface area (Å²) in [6.45, 7) is 8.33. The topological polar surface area (TPSA) is 38.0 Å². The number of nitrogens with one attached hydrogen (secondary N) is 1. The molecule has 82 valence electrons. The van der Waals surface area contributed by atoms with Crippen molar-refractivity contribution in [1.29, 1.82) is 0 Å². The van der Waals surface area contributed by atoms with Gasteiger partial charge in [-0.25, -0.2) is 0 Å². The predicted octanol–water partition coefficient (Wildman–Crippen LogP) is 1.71. The first-order chi connectivity index (χ1) is 6.99. The molecule has 1 saturated heterocycles. The maximum atomic E-state index is 6.29. The number of rotatable bonds is 1. The maximum absolute atomic E-state index is 6.29. The predicted molar refractivity (Wildman–Crippen MR) is 64.1 cm³/mol. The van der Waals surface area contributed by atoms with E-state index in [1.807, 2.05) is 0 Å². The van der Waals surface area contributed by atoms with Crippen molar-refractivity contribution in [3.05, 3.63) is 34.9 Å². The smallest absolute Gasteiger partial charge is 0.0333 e. The van der Waals surface area contributed by atoms with E-state index in [-0.39, 0.29) is 5.54 Å². The van der Waals surface area contributed by atoms with Gasteiger partial charge in [-0.05, 0) is 26.3 Å². The van der Waals surface area contributed by atoms with E-state index in [9.17, 15) is 0 Å². The minimum absolute atomic E-state index is 0.111. The monoisotopic (exact) mass is 204 g/mol. The molecule has 0 aromatic heterocycles. The number of hydrogen-bond acceptors (Lipinski definition) is 2. The third kappa shape index (κ3) is 2.06. The molecule has 1 fully saturated rings. The summed E-state index contributed by atoms with van der Waals surface area (Å²) in [5.74, 6) is 0.441. The van der Waals surface area contributed by atoms with Gasteiger partial charge in [-0.1, -0.05) is 29.3 Å². The second-order valence-electron chi connectivity index (χ2n) is 5.11. The Morgan fingerprint density at radius 3 is 2.33 bits per heavy atom. The van der Waals surface area contributed by atoms with Gasteiger partial charge in [0.2, 0.25) is 0 Å². The molecule has 0 spiro atoms. The highest BCUT2D eigenvalue weighted by atomic mass is 15.0. The number of aryl methyl sites for hydroxylation is 2. The summed E-state index contributed by atoms with van der Waals surface area (Å²) in [7, 11) is 0. The summed E-state index contributed by atoms with van der Waals surface area (Å²) in [5.41, 5.74) is 10.2. The van der Waals surface area contributed by atoms with Crippen LogP contribution in [0.1, 0.15) is 29.5 Å². The second kappa shape index (κ2) is 3.62. The largest absolute Gasteiger partial charge is 0.324 e. The molecule has 3 N–H and O–H groups in total. The van der Waals surface area contributed by atoms with Crippen molar-refractivity contribution < 1.29 is 0 Å². The Labute approximate surface area is 91.9 Å². The fourth-order valence-electron chi connectivity index (χ4n) is 2.55. The van der Waals surface area contributed by atoms with Gasteiger partial charge >= 0.3 is 0 Å². The Kier molecular flexibility index (Phi) is 2.57. The van der Waals surface area contributed by atoms with Gasteiger partial charge in [0.15, 0.2) is 0 Å². The van der Waals surface area contributed by atoms with Crippen LogP contribution in [0.5, 0.6) is 0 Å². The Morgan fingerprint density at radius 2 is 1.87 bits per heavy atom. The molecule has 15 heavy (non-hydrogen) atoms. The summed E-state index contributed by atoms with van der Waals surface area (Å²) in [6, 6.07) is 6.73. The molecule has 0 saturated carbocycles. The van der Waals surface area contributed by atoms with E-state index in [1.54, 1.807) is 0 Å². The van der Waals surface area contributed by atoms with E-state index in [0.29, 0.717) is 5.92 Å². The molecule has 1 heterocycles. The van der Waals surface area contributed by atoms with Crippen molar-refractivity contribution in [2.24, 2.45) is 5.73 Å². The minimum Gasteiger partial charge on any atom is -0.324 e. The molecule has 1 aromatic rings. The summed E-state index contributed by atoms with van der Waals surface area (Å²) in [6.07, 6.45) is 0. The highest BCUT2D eigenvalue weighted by molar-refractivity contribution is 5.34. The fraction of sp³-hybridized carbons (Fsp3) is 0.538. The Balaban J connectivity index is 2.37. The molecule has 2 atom stereocenters. The summed E-state index contributed by atoms with van der Waals surface area (Å²) in [5, 5.41) is 3.38. The van der Waals surface area contributed by atoms with Crippen molar-refractivity contribution >= 4 is 0 Å². The van der Waals surface area contributed by atoms with Crippen LogP contribution in [0.2, 0.25) is 0 Å². The summed E-state index contributed by atoms with van der Waals surface area (Å²) < 4.78 is 0. The van der Waals surface area contributed by atoms with E-state index in [2.05, 4.69) is 44.3 Å². The lowest BCUT2D eigenvalue weighted by Gasteiger charge is -2.26. The van der Waals surface area contributed by atoms with Crippen molar-refractivity contribution in [3.63, 3.8) is 0 Å². The number of nitrogens with two attached hydrogens (primary N) is 1. The third-order valence-corrected chi connectivity index (χ3v) is 3.30. The Hall–Kier alpha value is -0.860. The molecule has 1 aromatic carbocycles. The summed E-state index contributed by atoms with van der Waals surface area (Å²) in [4.78, 5) is 0. The molecule has 0 radical (unpaired) electrons. The molecule has 0 bridgehead atoms. The van der Waals surface area contributed by atoms with E-state index in [4.69, 9.17) is 5.73 Å². The second-order valence-corrected chi connectivity index (χ2v) is 5.11. The average molecular weight is 204 g/mol. The normalized spacial score (nSPS) is 30.8. The molecule has 0 amide bonds. The van der Waals surface area contributed by atoms with E-state index in [0.717, 1.165) is 13.1 Å². The standard InChI is InChI=1S/C13H20N2/c1-9-4-10(2)6-11(5-9)12-7-15-8-13(12,3)14/h4-6,12,15H,7-8,14H2,1-3H3/t12-,13+/m0/s1. The third-order valence-electron chi connectivity index (χ3n) is 3.30. The van der Waals surface area contributed by atoms with Gasteiger partial charge in [0.05, 0.1) is 0 Å². The van der Waals surface area contributed by atoms with Crippen molar-refractivity contribution in [2.75, 3.05) is 13.1 Å². The highest BCUT2D eigenvalue weighted by Crippen LogP contribution is 2.30. The van der Waals surface area contributed by atoms with Crippen LogP contribution in [0.25, 0.3) is 0 Å². The zero-order chi connectivity index (χ0) is 11.1. The molecule has 2 nitrogen and oxygen atoms in total. The fourth-order valence-corrected chi connectivity index (χ4v) is 2.55. The lowest BCUT2D eigenvalue weighted by Crippen LogP contribution is -2.42. The zero-order valence-corrected chi connectivity index (χ0v) is 9.80. The molecule has 1 aliphatic rings. The lowest BCUT2D eigenvalue weighted by atomic mass is 9.83. The first-order valence-corrected chi connectivity index (χ1v) is 5.57. The zero-order valence-electron chi connectivity index (χ0n) is 9.80. The minimum atomic E-state index is -0.111. The van der Waals surface area contributed by atoms with Crippen molar-refractivity contribution in [3.8, 4) is 0 Å². The van der Waals surface area contributed by atoms with Crippen LogP contribution in [0.4, 0.5) is 0 Å². The van der Waals surface area contributed by atoms with Gasteiger partial charge in [0, 0.05) is 24.5 Å².